The van der Waals surface area contributed by atoms with Gasteiger partial charge >= 0.3 is 12.0 Å². The highest BCUT2D eigenvalue weighted by atomic mass is 16.5. The van der Waals surface area contributed by atoms with Crippen LogP contribution in [-0.2, 0) is 0 Å². The van der Waals surface area contributed by atoms with E-state index in [4.69, 9.17) is 15.3 Å². The van der Waals surface area contributed by atoms with Gasteiger partial charge in [0.2, 0.25) is 5.95 Å². The first kappa shape index (κ1) is 15.0. The van der Waals surface area contributed by atoms with Crippen LogP contribution >= 0.6 is 0 Å². The van der Waals surface area contributed by atoms with Crippen LogP contribution in [-0.4, -0.2) is 21.1 Å². The summed E-state index contributed by atoms with van der Waals surface area (Å²) in [5, 5.41) is 0. The lowest BCUT2D eigenvalue weighted by Crippen LogP contribution is -2.15. The lowest BCUT2D eigenvalue weighted by Gasteiger charge is -2.11. The van der Waals surface area contributed by atoms with Crippen LogP contribution in [0.3, 0.4) is 0 Å². The molecule has 0 saturated carbocycles. The summed E-state index contributed by atoms with van der Waals surface area (Å²) in [6, 6.07) is 6.13. The highest BCUT2D eigenvalue weighted by Gasteiger charge is 2.11. The van der Waals surface area contributed by atoms with Crippen molar-refractivity contribution in [2.24, 2.45) is 5.84 Å². The van der Waals surface area contributed by atoms with Gasteiger partial charge < -0.3 is 9.47 Å². The Labute approximate surface area is 123 Å². The Bertz CT molecular complexity index is 631. The van der Waals surface area contributed by atoms with Crippen molar-refractivity contribution in [1.29, 1.82) is 0 Å². The van der Waals surface area contributed by atoms with Crippen LogP contribution in [0.1, 0.15) is 25.0 Å². The number of nitrogens with one attached hydrogen (secondary N) is 1. The number of benzene rings is 1. The highest BCUT2D eigenvalue weighted by Crippen LogP contribution is 2.24. The molecule has 1 heterocycles. The third-order valence-corrected chi connectivity index (χ3v) is 2.60. The van der Waals surface area contributed by atoms with Gasteiger partial charge in [0, 0.05) is 0 Å². The monoisotopic (exact) mass is 289 g/mol. The quantitative estimate of drug-likeness (QED) is 0.644. The Kier molecular flexibility index (Phi) is 4.54. The SMILES string of the molecule is Cc1ccc(Oc2nc(NN)nc(OC(C)C)n2)c(C)c1. The van der Waals surface area contributed by atoms with E-state index in [2.05, 4.69) is 20.4 Å². The molecule has 7 nitrogen and oxygen atoms in total. The zero-order chi connectivity index (χ0) is 15.4. The minimum Gasteiger partial charge on any atom is -0.461 e. The second kappa shape index (κ2) is 6.36. The van der Waals surface area contributed by atoms with Crippen LogP contribution in [0.2, 0.25) is 0 Å². The van der Waals surface area contributed by atoms with E-state index in [1.165, 1.54) is 0 Å². The van der Waals surface area contributed by atoms with E-state index in [1.54, 1.807) is 0 Å². The summed E-state index contributed by atoms with van der Waals surface area (Å²) in [7, 11) is 0. The molecule has 0 atom stereocenters. The molecule has 0 bridgehead atoms. The fourth-order valence-corrected chi connectivity index (χ4v) is 1.72. The van der Waals surface area contributed by atoms with Crippen LogP contribution in [0, 0.1) is 13.8 Å². The number of rotatable bonds is 5. The Morgan fingerprint density at radius 3 is 2.43 bits per heavy atom. The van der Waals surface area contributed by atoms with Gasteiger partial charge in [-0.05, 0) is 39.3 Å². The smallest absolute Gasteiger partial charge is 0.330 e. The molecule has 0 radical (unpaired) electrons. The van der Waals surface area contributed by atoms with Crippen molar-refractivity contribution in [3.05, 3.63) is 29.3 Å². The first-order chi connectivity index (χ1) is 9.97. The van der Waals surface area contributed by atoms with Gasteiger partial charge in [0.25, 0.3) is 0 Å². The molecule has 0 amide bonds. The molecule has 0 spiro atoms. The minimum absolute atomic E-state index is 0.0630. The lowest BCUT2D eigenvalue weighted by atomic mass is 10.1. The summed E-state index contributed by atoms with van der Waals surface area (Å²) < 4.78 is 11.1. The van der Waals surface area contributed by atoms with Gasteiger partial charge in [0.05, 0.1) is 6.10 Å². The molecule has 3 N–H and O–H groups in total. The number of aryl methyl sites for hydroxylation is 2. The predicted octanol–water partition coefficient (Wildman–Crippen LogP) is 2.35. The summed E-state index contributed by atoms with van der Waals surface area (Å²) >= 11 is 0. The molecule has 0 aliphatic rings. The third-order valence-electron chi connectivity index (χ3n) is 2.60. The van der Waals surface area contributed by atoms with Crippen molar-refractivity contribution in [3.63, 3.8) is 0 Å². The van der Waals surface area contributed by atoms with Crippen LogP contribution in [0.4, 0.5) is 5.95 Å². The summed E-state index contributed by atoms with van der Waals surface area (Å²) in [4.78, 5) is 12.2. The van der Waals surface area contributed by atoms with Crippen molar-refractivity contribution in [3.8, 4) is 17.8 Å². The Hall–Kier alpha value is -2.41. The highest BCUT2D eigenvalue weighted by molar-refractivity contribution is 5.38. The van der Waals surface area contributed by atoms with Crippen LogP contribution in [0.5, 0.6) is 17.8 Å². The molecule has 112 valence electrons. The van der Waals surface area contributed by atoms with Crippen molar-refractivity contribution < 1.29 is 9.47 Å². The average molecular weight is 289 g/mol. The molecule has 2 rings (SSSR count). The average Bonchev–Trinajstić information content (AvgIpc) is 2.41. The maximum absolute atomic E-state index is 5.69. The molecule has 1 aromatic heterocycles. The summed E-state index contributed by atoms with van der Waals surface area (Å²) in [6.07, 6.45) is -0.0630. The molecule has 1 aromatic carbocycles. The van der Waals surface area contributed by atoms with Crippen molar-refractivity contribution >= 4 is 5.95 Å². The van der Waals surface area contributed by atoms with Crippen LogP contribution in [0.25, 0.3) is 0 Å². The Morgan fingerprint density at radius 2 is 1.81 bits per heavy atom. The van der Waals surface area contributed by atoms with E-state index in [0.717, 1.165) is 11.1 Å². The van der Waals surface area contributed by atoms with E-state index < -0.39 is 0 Å². The first-order valence-corrected chi connectivity index (χ1v) is 6.62. The maximum Gasteiger partial charge on any atom is 0.330 e. The second-order valence-electron chi connectivity index (χ2n) is 4.91. The summed E-state index contributed by atoms with van der Waals surface area (Å²) in [5.41, 5.74) is 4.51. The molecular weight excluding hydrogens is 270 g/mol. The summed E-state index contributed by atoms with van der Waals surface area (Å²) in [5.74, 6) is 6.20. The number of ether oxygens (including phenoxy) is 2. The van der Waals surface area contributed by atoms with Gasteiger partial charge in [0.15, 0.2) is 0 Å². The van der Waals surface area contributed by atoms with Crippen LogP contribution in [0.15, 0.2) is 18.2 Å². The van der Waals surface area contributed by atoms with E-state index in [9.17, 15) is 0 Å². The molecule has 0 fully saturated rings. The normalized spacial score (nSPS) is 10.6. The number of aromatic nitrogens is 3. The van der Waals surface area contributed by atoms with Crippen molar-refractivity contribution in [1.82, 2.24) is 15.0 Å². The van der Waals surface area contributed by atoms with Gasteiger partial charge in [-0.25, -0.2) is 5.84 Å². The number of anilines is 1. The largest absolute Gasteiger partial charge is 0.461 e. The van der Waals surface area contributed by atoms with Crippen molar-refractivity contribution in [2.75, 3.05) is 5.43 Å². The first-order valence-electron chi connectivity index (χ1n) is 6.62. The number of hydrogen-bond donors (Lipinski definition) is 2. The van der Waals surface area contributed by atoms with Gasteiger partial charge in [-0.1, -0.05) is 17.7 Å². The molecule has 2 aromatic rings. The number of nitrogens with two attached hydrogens (primary N) is 1. The Morgan fingerprint density at radius 1 is 1.10 bits per heavy atom. The fourth-order valence-electron chi connectivity index (χ4n) is 1.72. The van der Waals surface area contributed by atoms with Gasteiger partial charge in [0.1, 0.15) is 5.75 Å². The number of nitrogen functional groups attached to an aromatic ring is 1. The van der Waals surface area contributed by atoms with E-state index in [-0.39, 0.29) is 24.1 Å². The van der Waals surface area contributed by atoms with Crippen LogP contribution < -0.4 is 20.7 Å². The predicted molar refractivity (Wildman–Crippen MR) is 79.4 cm³/mol. The number of hydrogen-bond acceptors (Lipinski definition) is 7. The topological polar surface area (TPSA) is 95.2 Å². The zero-order valence-electron chi connectivity index (χ0n) is 12.5. The van der Waals surface area contributed by atoms with Crippen molar-refractivity contribution in [2.45, 2.75) is 33.8 Å². The number of hydrazine groups is 1. The zero-order valence-corrected chi connectivity index (χ0v) is 12.5. The molecule has 21 heavy (non-hydrogen) atoms. The van der Waals surface area contributed by atoms with Gasteiger partial charge in [-0.15, -0.1) is 4.98 Å². The fraction of sp³-hybridized carbons (Fsp3) is 0.357. The molecular formula is C14H19N5O2. The summed E-state index contributed by atoms with van der Waals surface area (Å²) in [6.45, 7) is 7.73. The standard InChI is InChI=1S/C14H19N5O2/c1-8(2)20-13-16-12(19-15)17-14(18-13)21-11-6-5-9(3)7-10(11)4/h5-8H,15H2,1-4H3,(H,16,17,18,19). The van der Waals surface area contributed by atoms with Gasteiger partial charge in [-0.2, -0.15) is 9.97 Å². The van der Waals surface area contributed by atoms with E-state index in [1.807, 2.05) is 45.9 Å². The lowest BCUT2D eigenvalue weighted by molar-refractivity contribution is 0.218. The Balaban J connectivity index is 2.29. The van der Waals surface area contributed by atoms with Gasteiger partial charge in [-0.3, -0.25) is 5.43 Å². The second-order valence-corrected chi connectivity index (χ2v) is 4.91. The molecule has 7 heteroatoms. The van der Waals surface area contributed by atoms with E-state index >= 15 is 0 Å². The minimum atomic E-state index is -0.0630. The number of nitrogens with zero attached hydrogens (tertiary/aromatic N) is 3. The maximum atomic E-state index is 5.69. The molecule has 0 saturated heterocycles. The third kappa shape index (κ3) is 4.03. The molecule has 0 aliphatic carbocycles. The molecule has 0 unspecified atom stereocenters. The molecule has 0 aliphatic heterocycles. The van der Waals surface area contributed by atoms with E-state index in [0.29, 0.717) is 5.75 Å².